The number of ether oxygens (including phenoxy) is 2. The molecule has 0 aliphatic rings. The third-order valence-corrected chi connectivity index (χ3v) is 3.71. The van der Waals surface area contributed by atoms with Crippen LogP contribution in [0.15, 0.2) is 54.6 Å². The molecule has 2 rings (SSSR count). The number of halogens is 1. The fraction of sp³-hybridized carbons (Fsp3) is 0.278. The lowest BCUT2D eigenvalue weighted by Gasteiger charge is -2.29. The molecule has 5 heteroatoms. The largest absolute Gasteiger partial charge is 0.469 e. The molecule has 0 aliphatic heterocycles. The molecule has 2 aromatic rings. The second kappa shape index (κ2) is 7.99. The third-order valence-electron chi connectivity index (χ3n) is 3.71. The van der Waals surface area contributed by atoms with E-state index in [4.69, 9.17) is 15.2 Å². The topological polar surface area (TPSA) is 61.5 Å². The van der Waals surface area contributed by atoms with Crippen molar-refractivity contribution < 1.29 is 14.3 Å². The van der Waals surface area contributed by atoms with E-state index >= 15 is 0 Å². The fourth-order valence-corrected chi connectivity index (χ4v) is 2.17. The molecular weight excluding hydrogens is 314 g/mol. The van der Waals surface area contributed by atoms with E-state index < -0.39 is 11.5 Å². The van der Waals surface area contributed by atoms with Gasteiger partial charge in [-0.25, -0.2) is 0 Å². The lowest BCUT2D eigenvalue weighted by atomic mass is 9.81. The Morgan fingerprint density at radius 2 is 1.52 bits per heavy atom. The van der Waals surface area contributed by atoms with E-state index in [0.29, 0.717) is 0 Å². The normalized spacial score (nSPS) is 12.0. The second-order valence-corrected chi connectivity index (χ2v) is 5.68. The maximum atomic E-state index is 11.8. The predicted octanol–water partition coefficient (Wildman–Crippen LogP) is 4.10. The van der Waals surface area contributed by atoms with Crippen LogP contribution < -0.4 is 10.5 Å². The van der Waals surface area contributed by atoms with E-state index in [1.807, 2.05) is 54.6 Å². The van der Waals surface area contributed by atoms with Crippen LogP contribution in [-0.4, -0.2) is 13.1 Å². The van der Waals surface area contributed by atoms with Gasteiger partial charge in [-0.3, -0.25) is 4.79 Å². The minimum Gasteiger partial charge on any atom is -0.469 e. The summed E-state index contributed by atoms with van der Waals surface area (Å²) in [5.74, 6) is 1.16. The van der Waals surface area contributed by atoms with Gasteiger partial charge in [-0.2, -0.15) is 0 Å². The van der Waals surface area contributed by atoms with Crippen molar-refractivity contribution in [1.29, 1.82) is 0 Å². The zero-order valence-electron chi connectivity index (χ0n) is 13.5. The number of benzene rings is 2. The fourth-order valence-electron chi connectivity index (χ4n) is 2.17. The van der Waals surface area contributed by atoms with Gasteiger partial charge in [-0.15, -0.1) is 12.4 Å². The van der Waals surface area contributed by atoms with Crippen LogP contribution in [0, 0.1) is 5.41 Å². The Balaban J connectivity index is 0.00000264. The van der Waals surface area contributed by atoms with E-state index in [1.54, 1.807) is 13.8 Å². The van der Waals surface area contributed by atoms with E-state index in [2.05, 4.69) is 0 Å². The quantitative estimate of drug-likeness (QED) is 0.836. The van der Waals surface area contributed by atoms with Crippen molar-refractivity contribution in [1.82, 2.24) is 0 Å². The highest BCUT2D eigenvalue weighted by molar-refractivity contribution is 5.85. The summed E-state index contributed by atoms with van der Waals surface area (Å²) in [5, 5.41) is 0. The lowest BCUT2D eigenvalue weighted by Crippen LogP contribution is -2.37. The van der Waals surface area contributed by atoms with Gasteiger partial charge in [0.1, 0.15) is 11.5 Å². The number of para-hydroxylation sites is 1. The molecule has 0 radical (unpaired) electrons. The number of nitrogens with two attached hydrogens (primary N) is 1. The molecule has 0 aromatic heterocycles. The van der Waals surface area contributed by atoms with Crippen LogP contribution >= 0.6 is 12.4 Å². The van der Waals surface area contributed by atoms with Gasteiger partial charge in [0.05, 0.1) is 12.5 Å². The van der Waals surface area contributed by atoms with E-state index in [1.165, 1.54) is 7.11 Å². The molecule has 0 aliphatic carbocycles. The van der Waals surface area contributed by atoms with Gasteiger partial charge in [0.2, 0.25) is 0 Å². The molecule has 0 unspecified atom stereocenters. The molecule has 2 aromatic carbocycles. The second-order valence-electron chi connectivity index (χ2n) is 5.68. The Bertz CT molecular complexity index is 626. The lowest BCUT2D eigenvalue weighted by molar-refractivity contribution is -0.152. The average Bonchev–Trinajstić information content (AvgIpc) is 2.55. The molecule has 1 atom stereocenters. The number of rotatable bonds is 5. The molecule has 0 saturated heterocycles. The summed E-state index contributed by atoms with van der Waals surface area (Å²) in [7, 11) is 1.37. The maximum absolute atomic E-state index is 11.8. The molecule has 0 saturated carbocycles. The third kappa shape index (κ3) is 4.47. The summed E-state index contributed by atoms with van der Waals surface area (Å²) in [4.78, 5) is 11.8. The van der Waals surface area contributed by atoms with Crippen LogP contribution in [-0.2, 0) is 9.53 Å². The van der Waals surface area contributed by atoms with Crippen LogP contribution in [0.4, 0.5) is 0 Å². The Hall–Kier alpha value is -2.04. The Kier molecular flexibility index (Phi) is 6.61. The standard InChI is InChI=1S/C18H21NO3.ClH/c1-18(2,17(20)21-3)16(19)13-9-11-15(12-10-13)22-14-7-5-4-6-8-14;/h4-12,16H,19H2,1-3H3;1H/t16-;/m1./s1. The number of carbonyl (C=O) groups excluding carboxylic acids is 1. The number of methoxy groups -OCH3 is 1. The first kappa shape index (κ1) is 19.0. The molecule has 4 nitrogen and oxygen atoms in total. The molecule has 124 valence electrons. The number of hydrogen-bond donors (Lipinski definition) is 1. The first-order chi connectivity index (χ1) is 10.4. The first-order valence-corrected chi connectivity index (χ1v) is 7.12. The van der Waals surface area contributed by atoms with Crippen molar-refractivity contribution in [3.63, 3.8) is 0 Å². The van der Waals surface area contributed by atoms with Crippen molar-refractivity contribution in [3.05, 3.63) is 60.2 Å². The molecule has 0 bridgehead atoms. The minimum atomic E-state index is -0.795. The van der Waals surface area contributed by atoms with Crippen molar-refractivity contribution in [2.24, 2.45) is 11.1 Å². The van der Waals surface area contributed by atoms with Crippen LogP contribution in [0.5, 0.6) is 11.5 Å². The summed E-state index contributed by atoms with van der Waals surface area (Å²) in [5.41, 5.74) is 6.27. The zero-order valence-corrected chi connectivity index (χ0v) is 14.3. The smallest absolute Gasteiger partial charge is 0.313 e. The van der Waals surface area contributed by atoms with E-state index in [9.17, 15) is 4.79 Å². The Morgan fingerprint density at radius 1 is 1.00 bits per heavy atom. The molecule has 0 spiro atoms. The maximum Gasteiger partial charge on any atom is 0.313 e. The van der Waals surface area contributed by atoms with Gasteiger partial charge in [0.25, 0.3) is 0 Å². The number of esters is 1. The van der Waals surface area contributed by atoms with E-state index in [0.717, 1.165) is 17.1 Å². The van der Waals surface area contributed by atoms with Crippen molar-refractivity contribution in [2.45, 2.75) is 19.9 Å². The number of hydrogen-bond acceptors (Lipinski definition) is 4. The zero-order chi connectivity index (χ0) is 16.2. The first-order valence-electron chi connectivity index (χ1n) is 7.12. The van der Waals surface area contributed by atoms with Gasteiger partial charge in [0.15, 0.2) is 0 Å². The average molecular weight is 336 g/mol. The summed E-state index contributed by atoms with van der Waals surface area (Å²) in [6.07, 6.45) is 0. The predicted molar refractivity (Wildman–Crippen MR) is 92.9 cm³/mol. The highest BCUT2D eigenvalue weighted by Gasteiger charge is 2.36. The van der Waals surface area contributed by atoms with Crippen molar-refractivity contribution in [2.75, 3.05) is 7.11 Å². The molecular formula is C18H22ClNO3. The van der Waals surface area contributed by atoms with E-state index in [-0.39, 0.29) is 18.4 Å². The molecule has 0 amide bonds. The summed E-state index contributed by atoms with van der Waals surface area (Å²) < 4.78 is 10.6. The molecule has 0 fully saturated rings. The highest BCUT2D eigenvalue weighted by Crippen LogP contribution is 2.33. The molecule has 0 heterocycles. The molecule has 23 heavy (non-hydrogen) atoms. The summed E-state index contributed by atoms with van der Waals surface area (Å²) >= 11 is 0. The van der Waals surface area contributed by atoms with Crippen LogP contribution in [0.3, 0.4) is 0 Å². The van der Waals surface area contributed by atoms with Gasteiger partial charge in [-0.05, 0) is 43.7 Å². The van der Waals surface area contributed by atoms with Gasteiger partial charge in [-0.1, -0.05) is 30.3 Å². The van der Waals surface area contributed by atoms with Crippen LogP contribution in [0.1, 0.15) is 25.5 Å². The van der Waals surface area contributed by atoms with Crippen molar-refractivity contribution >= 4 is 18.4 Å². The van der Waals surface area contributed by atoms with Gasteiger partial charge < -0.3 is 15.2 Å². The van der Waals surface area contributed by atoms with Crippen molar-refractivity contribution in [3.8, 4) is 11.5 Å². The monoisotopic (exact) mass is 335 g/mol. The minimum absolute atomic E-state index is 0. The Labute approximate surface area is 143 Å². The molecule has 2 N–H and O–H groups in total. The number of carbonyl (C=O) groups is 1. The van der Waals surface area contributed by atoms with Crippen LogP contribution in [0.2, 0.25) is 0 Å². The Morgan fingerprint density at radius 3 is 2.04 bits per heavy atom. The SMILES string of the molecule is COC(=O)C(C)(C)[C@H](N)c1ccc(Oc2ccccc2)cc1.Cl. The van der Waals surface area contributed by atoms with Gasteiger partial charge in [0, 0.05) is 6.04 Å². The van der Waals surface area contributed by atoms with Gasteiger partial charge >= 0.3 is 5.97 Å². The van der Waals surface area contributed by atoms with Crippen LogP contribution in [0.25, 0.3) is 0 Å². The highest BCUT2D eigenvalue weighted by atomic mass is 35.5. The summed E-state index contributed by atoms with van der Waals surface area (Å²) in [6, 6.07) is 16.5. The summed E-state index contributed by atoms with van der Waals surface area (Å²) in [6.45, 7) is 3.55.